The summed E-state index contributed by atoms with van der Waals surface area (Å²) in [6, 6.07) is 0. The Labute approximate surface area is 101 Å². The van der Waals surface area contributed by atoms with Crippen molar-refractivity contribution in [2.24, 2.45) is 0 Å². The second-order valence-corrected chi connectivity index (χ2v) is 3.36. The highest BCUT2D eigenvalue weighted by molar-refractivity contribution is 7.45. The summed E-state index contributed by atoms with van der Waals surface area (Å²) in [4.78, 5) is 51.7. The van der Waals surface area contributed by atoms with Gasteiger partial charge in [-0.05, 0) is 0 Å². The molecule has 0 rings (SSSR count). The van der Waals surface area contributed by atoms with Gasteiger partial charge in [0, 0.05) is 0 Å². The van der Waals surface area contributed by atoms with Gasteiger partial charge in [0.25, 0.3) is 0 Å². The van der Waals surface area contributed by atoms with E-state index < -0.39 is 21.8 Å². The molecule has 0 aliphatic carbocycles. The highest BCUT2D eigenvalue weighted by atomic mass is 31.2. The maximum Gasteiger partial charge on any atom is 0.503 e. The van der Waals surface area contributed by atoms with Crippen LogP contribution in [0.4, 0.5) is 4.79 Å². The van der Waals surface area contributed by atoms with Crippen LogP contribution in [0.5, 0.6) is 0 Å². The predicted octanol–water partition coefficient (Wildman–Crippen LogP) is -0.987. The first kappa shape index (κ1) is 43.3. The third-order valence-corrected chi connectivity index (χ3v) is 0. The Morgan fingerprint density at radius 1 is 0.611 bits per heavy atom. The van der Waals surface area contributed by atoms with Gasteiger partial charge in [-0.2, -0.15) is 0 Å². The summed E-state index contributed by atoms with van der Waals surface area (Å²) in [6.45, 7) is 0. The molecule has 0 unspecified atom stereocenters. The van der Waals surface area contributed by atoms with Crippen LogP contribution >= 0.6 is 15.6 Å². The minimum absolute atomic E-state index is 0. The fraction of sp³-hybridized carbons (Fsp3) is 0. The Kier molecular flexibility index (Phi) is 45.0. The number of hydrogen-bond donors (Lipinski definition) is 12. The largest absolute Gasteiger partial charge is 0.503 e. The Hall–Kier alpha value is -0.670. The van der Waals surface area contributed by atoms with Gasteiger partial charge in [-0.15, -0.1) is 0 Å². The molecule has 0 heterocycles. The van der Waals surface area contributed by atoms with E-state index in [4.69, 9.17) is 53.5 Å². The molecule has 0 saturated heterocycles. The highest BCUT2D eigenvalue weighted by Gasteiger charge is 2.00. The normalized spacial score (nSPS) is 7.89. The van der Waals surface area contributed by atoms with Crippen molar-refractivity contribution in [2.75, 3.05) is 0 Å². The molecule has 0 radical (unpaired) electrons. The third-order valence-electron chi connectivity index (χ3n) is 0. The lowest BCUT2D eigenvalue weighted by Gasteiger charge is -1.82. The molecule has 0 spiro atoms. The van der Waals surface area contributed by atoms with Gasteiger partial charge < -0.3 is 64.2 Å². The zero-order valence-electron chi connectivity index (χ0n) is 9.03. The van der Waals surface area contributed by atoms with Gasteiger partial charge in [0.05, 0.1) is 0 Å². The molecule has 0 bridgehead atoms. The van der Waals surface area contributed by atoms with Crippen LogP contribution in [0.1, 0.15) is 0 Å². The van der Waals surface area contributed by atoms with E-state index in [2.05, 4.69) is 0 Å². The number of hydrogen-bond acceptors (Lipinski definition) is 7. The van der Waals surface area contributed by atoms with E-state index in [1.807, 2.05) is 0 Å². The SMILES string of the molecule is N.N.N.N.O=C(O)O.O=P(O)(O)O.O=P(O)(O)O. The lowest BCUT2D eigenvalue weighted by atomic mass is 11.5. The lowest BCUT2D eigenvalue weighted by Crippen LogP contribution is -1.81. The van der Waals surface area contributed by atoms with Crippen molar-refractivity contribution >= 4 is 21.8 Å². The minimum atomic E-state index is -4.64. The molecule has 0 atom stereocenters. The maximum absolute atomic E-state index is 8.88. The van der Waals surface area contributed by atoms with Crippen LogP contribution in [-0.2, 0) is 9.13 Å². The Balaban J connectivity index is -0.0000000183. The quantitative estimate of drug-likeness (QED) is 0.237. The first-order valence-electron chi connectivity index (χ1n) is 2.22. The van der Waals surface area contributed by atoms with E-state index in [1.54, 1.807) is 0 Å². The van der Waals surface area contributed by atoms with Crippen molar-refractivity contribution in [3.63, 3.8) is 0 Å². The monoisotopic (exact) mass is 326 g/mol. The zero-order valence-corrected chi connectivity index (χ0v) is 10.8. The molecular weight excluding hydrogens is 306 g/mol. The zero-order chi connectivity index (χ0) is 12.6. The van der Waals surface area contributed by atoms with Gasteiger partial charge in [0.15, 0.2) is 0 Å². The molecule has 20 N–H and O–H groups in total. The molecular formula is CH20N4O11P2. The molecule has 0 aliphatic heterocycles. The summed E-state index contributed by atoms with van der Waals surface area (Å²) >= 11 is 0. The van der Waals surface area contributed by atoms with Gasteiger partial charge in [0.2, 0.25) is 0 Å². The van der Waals surface area contributed by atoms with E-state index in [1.165, 1.54) is 0 Å². The van der Waals surface area contributed by atoms with Crippen LogP contribution in [0, 0.1) is 0 Å². The van der Waals surface area contributed by atoms with E-state index >= 15 is 0 Å². The van der Waals surface area contributed by atoms with Crippen molar-refractivity contribution in [1.29, 1.82) is 0 Å². The van der Waals surface area contributed by atoms with Crippen LogP contribution in [0.2, 0.25) is 0 Å². The topological polar surface area (TPSA) is 353 Å². The molecule has 0 aliphatic rings. The first-order valence-corrected chi connectivity index (χ1v) is 5.35. The van der Waals surface area contributed by atoms with E-state index in [0.29, 0.717) is 0 Å². The third kappa shape index (κ3) is 7010. The average Bonchev–Trinajstić information content (AvgIpc) is 1.45. The summed E-state index contributed by atoms with van der Waals surface area (Å²) < 4.78 is 17.8. The molecule has 0 fully saturated rings. The number of carboxylic acid groups (broad SMARTS) is 2. The summed E-state index contributed by atoms with van der Waals surface area (Å²) in [5.41, 5.74) is 0. The van der Waals surface area contributed by atoms with Gasteiger partial charge in [-0.3, -0.25) is 0 Å². The predicted molar refractivity (Wildman–Crippen MR) is 59.3 cm³/mol. The summed E-state index contributed by atoms with van der Waals surface area (Å²) in [7, 11) is -9.28. The minimum Gasteiger partial charge on any atom is -0.450 e. The summed E-state index contributed by atoms with van der Waals surface area (Å²) in [5.74, 6) is 0. The Morgan fingerprint density at radius 3 is 0.611 bits per heavy atom. The Morgan fingerprint density at radius 2 is 0.611 bits per heavy atom. The lowest BCUT2D eigenvalue weighted by molar-refractivity contribution is 0.136. The number of rotatable bonds is 0. The average molecular weight is 326 g/mol. The summed E-state index contributed by atoms with van der Waals surface area (Å²) in [6.07, 6.45) is -1.83. The van der Waals surface area contributed by atoms with Crippen molar-refractivity contribution in [2.45, 2.75) is 0 Å². The standard InChI is InChI=1S/CH2O3.4H3N.2H3O4P/c2-1(3)4;;;;;2*1-5(2,3)4/h(H2,2,3,4);4*1H3;2*(H3,1,2,3,4). The molecule has 0 aromatic rings. The van der Waals surface area contributed by atoms with Crippen LogP contribution in [0.25, 0.3) is 0 Å². The number of phosphoric acid groups is 2. The van der Waals surface area contributed by atoms with Crippen LogP contribution in [-0.4, -0.2) is 45.7 Å². The Bertz CT molecular complexity index is 203. The molecule has 0 aromatic heterocycles. The van der Waals surface area contributed by atoms with Crippen LogP contribution in [0.15, 0.2) is 0 Å². The molecule has 0 aromatic carbocycles. The molecule has 18 heavy (non-hydrogen) atoms. The van der Waals surface area contributed by atoms with Gasteiger partial charge in [0.1, 0.15) is 0 Å². The van der Waals surface area contributed by atoms with Crippen LogP contribution < -0.4 is 24.6 Å². The van der Waals surface area contributed by atoms with Crippen molar-refractivity contribution in [3.05, 3.63) is 0 Å². The van der Waals surface area contributed by atoms with Crippen molar-refractivity contribution in [1.82, 2.24) is 24.6 Å². The molecule has 120 valence electrons. The second-order valence-electron chi connectivity index (χ2n) is 1.31. The van der Waals surface area contributed by atoms with Gasteiger partial charge in [-0.1, -0.05) is 0 Å². The highest BCUT2D eigenvalue weighted by Crippen LogP contribution is 2.26. The molecule has 17 heteroatoms. The molecule has 15 nitrogen and oxygen atoms in total. The summed E-state index contributed by atoms with van der Waals surface area (Å²) in [5, 5.41) is 13.9. The van der Waals surface area contributed by atoms with E-state index in [0.717, 1.165) is 0 Å². The molecule has 0 saturated carbocycles. The second kappa shape index (κ2) is 18.7. The van der Waals surface area contributed by atoms with Crippen molar-refractivity contribution in [3.8, 4) is 0 Å². The first-order chi connectivity index (χ1) is 5.73. The smallest absolute Gasteiger partial charge is 0.450 e. The van der Waals surface area contributed by atoms with Crippen molar-refractivity contribution < 1.29 is 53.5 Å². The fourth-order valence-electron chi connectivity index (χ4n) is 0. The van der Waals surface area contributed by atoms with Crippen LogP contribution in [0.3, 0.4) is 0 Å². The fourth-order valence-corrected chi connectivity index (χ4v) is 0. The van der Waals surface area contributed by atoms with E-state index in [9.17, 15) is 0 Å². The van der Waals surface area contributed by atoms with Gasteiger partial charge >= 0.3 is 21.8 Å². The number of carbonyl (C=O) groups is 1. The maximum atomic E-state index is 8.88. The van der Waals surface area contributed by atoms with Gasteiger partial charge in [-0.25, -0.2) is 13.9 Å². The van der Waals surface area contributed by atoms with E-state index in [-0.39, 0.29) is 24.6 Å². The molecule has 0 amide bonds.